The number of rotatable bonds is 5. The first-order chi connectivity index (χ1) is 7.58. The van der Waals surface area contributed by atoms with Gasteiger partial charge in [0.15, 0.2) is 5.96 Å². The topological polar surface area (TPSA) is 50.4 Å². The maximum absolute atomic E-state index is 5.84. The Balaban J connectivity index is 1.66. The van der Waals surface area contributed by atoms with Gasteiger partial charge in [-0.15, -0.1) is 0 Å². The number of hydrogen-bond acceptors (Lipinski definition) is 1. The van der Waals surface area contributed by atoms with E-state index in [2.05, 4.69) is 24.2 Å². The van der Waals surface area contributed by atoms with Gasteiger partial charge in [-0.1, -0.05) is 13.8 Å². The summed E-state index contributed by atoms with van der Waals surface area (Å²) in [4.78, 5) is 4.42. The van der Waals surface area contributed by atoms with Gasteiger partial charge in [0.25, 0.3) is 0 Å². The molecule has 16 heavy (non-hydrogen) atoms. The van der Waals surface area contributed by atoms with E-state index in [0.717, 1.165) is 18.9 Å². The SMILES string of the molecule is CC(C)(CCN=C(N)NC1CCC1)C1CC1. The minimum Gasteiger partial charge on any atom is -0.370 e. The van der Waals surface area contributed by atoms with Crippen molar-refractivity contribution in [2.24, 2.45) is 22.1 Å². The van der Waals surface area contributed by atoms with Crippen LogP contribution >= 0.6 is 0 Å². The average Bonchev–Trinajstić information content (AvgIpc) is 2.94. The van der Waals surface area contributed by atoms with Gasteiger partial charge < -0.3 is 11.1 Å². The molecule has 92 valence electrons. The van der Waals surface area contributed by atoms with Crippen molar-refractivity contribution in [2.45, 2.75) is 58.4 Å². The van der Waals surface area contributed by atoms with Gasteiger partial charge in [0.05, 0.1) is 0 Å². The van der Waals surface area contributed by atoms with Crippen molar-refractivity contribution >= 4 is 5.96 Å². The van der Waals surface area contributed by atoms with Gasteiger partial charge in [0.1, 0.15) is 0 Å². The normalized spacial score (nSPS) is 23.0. The van der Waals surface area contributed by atoms with Crippen LogP contribution in [-0.2, 0) is 0 Å². The minimum atomic E-state index is 0.459. The second kappa shape index (κ2) is 4.64. The predicted molar refractivity (Wildman–Crippen MR) is 68.4 cm³/mol. The van der Waals surface area contributed by atoms with Crippen LogP contribution < -0.4 is 11.1 Å². The summed E-state index contributed by atoms with van der Waals surface area (Å²) in [6, 6.07) is 0.597. The molecule has 0 bridgehead atoms. The average molecular weight is 223 g/mol. The highest BCUT2D eigenvalue weighted by molar-refractivity contribution is 5.78. The Morgan fingerprint density at radius 2 is 2.00 bits per heavy atom. The summed E-state index contributed by atoms with van der Waals surface area (Å²) >= 11 is 0. The van der Waals surface area contributed by atoms with Gasteiger partial charge in [-0.2, -0.15) is 0 Å². The zero-order valence-electron chi connectivity index (χ0n) is 10.6. The third kappa shape index (κ3) is 3.13. The van der Waals surface area contributed by atoms with E-state index in [-0.39, 0.29) is 0 Å². The second-order valence-electron chi connectivity index (χ2n) is 6.05. The maximum atomic E-state index is 5.84. The van der Waals surface area contributed by atoms with Crippen LogP contribution in [0.1, 0.15) is 52.4 Å². The monoisotopic (exact) mass is 223 g/mol. The second-order valence-corrected chi connectivity index (χ2v) is 6.05. The zero-order chi connectivity index (χ0) is 11.6. The fourth-order valence-electron chi connectivity index (χ4n) is 2.34. The third-order valence-electron chi connectivity index (χ3n) is 4.18. The van der Waals surface area contributed by atoms with Crippen LogP contribution in [0.4, 0.5) is 0 Å². The van der Waals surface area contributed by atoms with Crippen LogP contribution in [0.3, 0.4) is 0 Å². The molecule has 0 amide bonds. The number of nitrogens with one attached hydrogen (secondary N) is 1. The Morgan fingerprint density at radius 1 is 1.31 bits per heavy atom. The first kappa shape index (κ1) is 11.7. The summed E-state index contributed by atoms with van der Waals surface area (Å²) in [5, 5.41) is 3.28. The summed E-state index contributed by atoms with van der Waals surface area (Å²) in [5.74, 6) is 1.58. The number of aliphatic imine (C=N–C) groups is 1. The Morgan fingerprint density at radius 3 is 2.50 bits per heavy atom. The Bertz CT molecular complexity index is 262. The molecule has 2 rings (SSSR count). The molecule has 3 N–H and O–H groups in total. The highest BCUT2D eigenvalue weighted by Crippen LogP contribution is 2.47. The van der Waals surface area contributed by atoms with E-state index < -0.39 is 0 Å². The van der Waals surface area contributed by atoms with Crippen molar-refractivity contribution in [1.82, 2.24) is 5.32 Å². The van der Waals surface area contributed by atoms with Crippen LogP contribution in [0.2, 0.25) is 0 Å². The molecule has 0 spiro atoms. The lowest BCUT2D eigenvalue weighted by molar-refractivity contribution is 0.289. The van der Waals surface area contributed by atoms with E-state index in [1.165, 1.54) is 32.1 Å². The van der Waals surface area contributed by atoms with Gasteiger partial charge in [0, 0.05) is 12.6 Å². The lowest BCUT2D eigenvalue weighted by Gasteiger charge is -2.27. The summed E-state index contributed by atoms with van der Waals surface area (Å²) < 4.78 is 0. The van der Waals surface area contributed by atoms with E-state index in [1.54, 1.807) is 0 Å². The van der Waals surface area contributed by atoms with Crippen molar-refractivity contribution < 1.29 is 0 Å². The molecule has 0 atom stereocenters. The van der Waals surface area contributed by atoms with E-state index in [1.807, 2.05) is 0 Å². The minimum absolute atomic E-state index is 0.459. The number of guanidine groups is 1. The molecule has 0 radical (unpaired) electrons. The number of nitrogens with zero attached hydrogens (tertiary/aromatic N) is 1. The summed E-state index contributed by atoms with van der Waals surface area (Å²) in [7, 11) is 0. The fourth-order valence-corrected chi connectivity index (χ4v) is 2.34. The molecule has 2 fully saturated rings. The maximum Gasteiger partial charge on any atom is 0.188 e. The van der Waals surface area contributed by atoms with E-state index in [0.29, 0.717) is 17.4 Å². The van der Waals surface area contributed by atoms with Crippen molar-refractivity contribution in [3.8, 4) is 0 Å². The molecule has 3 heteroatoms. The van der Waals surface area contributed by atoms with E-state index in [9.17, 15) is 0 Å². The van der Waals surface area contributed by atoms with Crippen molar-refractivity contribution in [3.05, 3.63) is 0 Å². The van der Waals surface area contributed by atoms with Gasteiger partial charge >= 0.3 is 0 Å². The van der Waals surface area contributed by atoms with Gasteiger partial charge in [-0.3, -0.25) is 4.99 Å². The highest BCUT2D eigenvalue weighted by atomic mass is 15.1. The lowest BCUT2D eigenvalue weighted by Crippen LogP contribution is -2.43. The van der Waals surface area contributed by atoms with Gasteiger partial charge in [0.2, 0.25) is 0 Å². The van der Waals surface area contributed by atoms with E-state index >= 15 is 0 Å². The molecule has 0 unspecified atom stereocenters. The molecule has 0 aromatic rings. The van der Waals surface area contributed by atoms with Crippen molar-refractivity contribution in [3.63, 3.8) is 0 Å². The van der Waals surface area contributed by atoms with Crippen LogP contribution in [-0.4, -0.2) is 18.5 Å². The smallest absolute Gasteiger partial charge is 0.188 e. The molecule has 0 aromatic carbocycles. The number of hydrogen-bond donors (Lipinski definition) is 2. The largest absolute Gasteiger partial charge is 0.370 e. The molecular weight excluding hydrogens is 198 g/mol. The molecule has 2 aliphatic carbocycles. The highest BCUT2D eigenvalue weighted by Gasteiger charge is 2.36. The summed E-state index contributed by atoms with van der Waals surface area (Å²) in [6.07, 6.45) is 7.82. The summed E-state index contributed by atoms with van der Waals surface area (Å²) in [5.41, 5.74) is 6.30. The standard InChI is InChI=1S/C13H25N3/c1-13(2,10-6-7-10)8-9-15-12(14)16-11-4-3-5-11/h10-11H,3-9H2,1-2H3,(H3,14,15,16). The lowest BCUT2D eigenvalue weighted by atomic mass is 9.84. The first-order valence-electron chi connectivity index (χ1n) is 6.64. The Hall–Kier alpha value is -0.730. The number of nitrogens with two attached hydrogens (primary N) is 1. The Kier molecular flexibility index (Phi) is 3.41. The molecule has 2 aliphatic rings. The molecule has 0 heterocycles. The molecular formula is C13H25N3. The molecule has 0 aromatic heterocycles. The van der Waals surface area contributed by atoms with E-state index in [4.69, 9.17) is 5.73 Å². The van der Waals surface area contributed by atoms with Crippen LogP contribution in [0.5, 0.6) is 0 Å². The van der Waals surface area contributed by atoms with Crippen LogP contribution in [0.15, 0.2) is 4.99 Å². The third-order valence-corrected chi connectivity index (χ3v) is 4.18. The first-order valence-corrected chi connectivity index (χ1v) is 6.64. The molecule has 3 nitrogen and oxygen atoms in total. The fraction of sp³-hybridized carbons (Fsp3) is 0.923. The molecule has 0 saturated heterocycles. The van der Waals surface area contributed by atoms with Gasteiger partial charge in [-0.05, 0) is 49.9 Å². The molecule has 0 aliphatic heterocycles. The zero-order valence-corrected chi connectivity index (χ0v) is 10.6. The van der Waals surface area contributed by atoms with Gasteiger partial charge in [-0.25, -0.2) is 0 Å². The quantitative estimate of drug-likeness (QED) is 0.555. The van der Waals surface area contributed by atoms with Crippen LogP contribution in [0.25, 0.3) is 0 Å². The van der Waals surface area contributed by atoms with Crippen molar-refractivity contribution in [2.75, 3.05) is 6.54 Å². The molecule has 2 saturated carbocycles. The van der Waals surface area contributed by atoms with Crippen molar-refractivity contribution in [1.29, 1.82) is 0 Å². The predicted octanol–water partition coefficient (Wildman–Crippen LogP) is 2.27. The van der Waals surface area contributed by atoms with Crippen LogP contribution in [0, 0.1) is 11.3 Å². The summed E-state index contributed by atoms with van der Waals surface area (Å²) in [6.45, 7) is 5.58. The Labute approximate surface area is 98.9 Å².